The lowest BCUT2D eigenvalue weighted by Crippen LogP contribution is -2.49. The quantitative estimate of drug-likeness (QED) is 0.892. The molecular weight excluding hydrogens is 318 g/mol. The Bertz CT molecular complexity index is 848. The van der Waals surface area contributed by atoms with Crippen LogP contribution in [0.3, 0.4) is 0 Å². The van der Waals surface area contributed by atoms with Gasteiger partial charge in [-0.15, -0.1) is 0 Å². The van der Waals surface area contributed by atoms with Crippen LogP contribution in [0.5, 0.6) is 5.75 Å². The van der Waals surface area contributed by atoms with E-state index in [0.29, 0.717) is 6.54 Å². The molecule has 2 aromatic rings. The summed E-state index contributed by atoms with van der Waals surface area (Å²) in [6.07, 6.45) is 3.24. The first-order valence-corrected chi connectivity index (χ1v) is 8.35. The maximum atomic E-state index is 12.0. The van der Waals surface area contributed by atoms with E-state index in [0.717, 1.165) is 12.8 Å². The molecule has 6 nitrogen and oxygen atoms in total. The lowest BCUT2D eigenvalue weighted by atomic mass is 9.52. The normalized spacial score (nSPS) is 17.6. The first-order chi connectivity index (χ1) is 11.8. The molecule has 1 amide bonds. The Kier molecular flexibility index (Phi) is 4.14. The highest BCUT2D eigenvalue weighted by atomic mass is 16.3. The lowest BCUT2D eigenvalue weighted by Gasteiger charge is -2.54. The van der Waals surface area contributed by atoms with Crippen molar-refractivity contribution in [1.82, 2.24) is 15.1 Å². The molecule has 1 heterocycles. The third-order valence-electron chi connectivity index (χ3n) is 4.87. The first kappa shape index (κ1) is 17.2. The van der Waals surface area contributed by atoms with Crippen molar-refractivity contribution in [2.75, 3.05) is 7.05 Å². The minimum atomic E-state index is -0.752. The van der Waals surface area contributed by atoms with Gasteiger partial charge in [-0.2, -0.15) is 5.10 Å². The molecule has 1 fully saturated rings. The number of aromatic nitrogens is 2. The van der Waals surface area contributed by atoms with Crippen molar-refractivity contribution in [3.63, 3.8) is 0 Å². The van der Waals surface area contributed by atoms with Crippen LogP contribution in [0.15, 0.2) is 41.3 Å². The Hall–Kier alpha value is -2.63. The van der Waals surface area contributed by atoms with Crippen LogP contribution in [0.25, 0.3) is 0 Å². The minimum Gasteiger partial charge on any atom is -0.503 e. The summed E-state index contributed by atoms with van der Waals surface area (Å²) < 4.78 is 1.52. The van der Waals surface area contributed by atoms with Gasteiger partial charge in [0.05, 0.1) is 12.7 Å². The van der Waals surface area contributed by atoms with E-state index in [1.807, 2.05) is 18.2 Å². The molecule has 0 unspecified atom stereocenters. The molecule has 0 saturated heterocycles. The summed E-state index contributed by atoms with van der Waals surface area (Å²) in [6.45, 7) is 4.94. The fraction of sp³-hybridized carbons (Fsp3) is 0.421. The smallest absolute Gasteiger partial charge is 0.275 e. The summed E-state index contributed by atoms with van der Waals surface area (Å²) in [5, 5.41) is 16.5. The van der Waals surface area contributed by atoms with Gasteiger partial charge in [-0.25, -0.2) is 0 Å². The van der Waals surface area contributed by atoms with Crippen LogP contribution in [-0.2, 0) is 12.0 Å². The third kappa shape index (κ3) is 3.16. The van der Waals surface area contributed by atoms with Crippen molar-refractivity contribution in [2.24, 2.45) is 5.41 Å². The number of aromatic hydroxyl groups is 1. The Morgan fingerprint density at radius 1 is 1.28 bits per heavy atom. The summed E-state index contributed by atoms with van der Waals surface area (Å²) >= 11 is 0. The number of nitrogens with one attached hydrogen (secondary N) is 1. The molecule has 6 heteroatoms. The average molecular weight is 341 g/mol. The van der Waals surface area contributed by atoms with Crippen LogP contribution >= 0.6 is 0 Å². The Labute approximate surface area is 146 Å². The van der Waals surface area contributed by atoms with Gasteiger partial charge < -0.3 is 10.4 Å². The topological polar surface area (TPSA) is 84.2 Å². The summed E-state index contributed by atoms with van der Waals surface area (Å²) in [7, 11) is 1.43. The highest BCUT2D eigenvalue weighted by Crippen LogP contribution is 2.56. The Morgan fingerprint density at radius 3 is 2.48 bits per heavy atom. The number of carbonyl (C=O) groups is 1. The molecule has 3 rings (SSSR count). The number of nitrogens with zero attached hydrogens (tertiary/aromatic N) is 2. The SMILES string of the molecule is CNC(=O)c1nn(CC2(c3ccccc3)CC(C)(C)C2)cc(O)c1=O. The molecule has 1 aliphatic carbocycles. The molecule has 0 atom stereocenters. The van der Waals surface area contributed by atoms with Gasteiger partial charge in [-0.05, 0) is 23.8 Å². The van der Waals surface area contributed by atoms with Gasteiger partial charge in [-0.3, -0.25) is 14.3 Å². The van der Waals surface area contributed by atoms with Gasteiger partial charge in [0.1, 0.15) is 0 Å². The van der Waals surface area contributed by atoms with Crippen LogP contribution in [0.4, 0.5) is 0 Å². The number of hydrogen-bond donors (Lipinski definition) is 2. The standard InChI is InChI=1S/C19H23N3O3/c1-18(2)10-19(11-18,13-7-5-4-6-8-13)12-22-9-14(23)16(24)15(21-22)17(25)20-3/h4-9,23H,10-12H2,1-3H3,(H,20,25). The van der Waals surface area contributed by atoms with E-state index < -0.39 is 17.1 Å². The molecular formula is C19H23N3O3. The zero-order valence-electron chi connectivity index (χ0n) is 14.7. The van der Waals surface area contributed by atoms with Gasteiger partial charge in [0.15, 0.2) is 11.4 Å². The summed E-state index contributed by atoms with van der Waals surface area (Å²) in [6, 6.07) is 10.2. The van der Waals surface area contributed by atoms with Crippen LogP contribution in [0, 0.1) is 5.41 Å². The maximum absolute atomic E-state index is 12.0. The predicted molar refractivity (Wildman–Crippen MR) is 94.7 cm³/mol. The zero-order chi connectivity index (χ0) is 18.2. The van der Waals surface area contributed by atoms with Gasteiger partial charge in [-0.1, -0.05) is 44.2 Å². The highest BCUT2D eigenvalue weighted by molar-refractivity contribution is 5.92. The molecule has 0 spiro atoms. The molecule has 0 radical (unpaired) electrons. The van der Waals surface area contributed by atoms with E-state index in [1.165, 1.54) is 23.5 Å². The van der Waals surface area contributed by atoms with Crippen molar-refractivity contribution >= 4 is 5.91 Å². The van der Waals surface area contributed by atoms with Crippen molar-refractivity contribution in [3.8, 4) is 5.75 Å². The molecule has 1 aromatic heterocycles. The molecule has 0 aliphatic heterocycles. The van der Waals surface area contributed by atoms with Crippen LogP contribution in [0.2, 0.25) is 0 Å². The van der Waals surface area contributed by atoms with Crippen LogP contribution in [0.1, 0.15) is 42.7 Å². The van der Waals surface area contributed by atoms with Crippen LogP contribution in [-0.4, -0.2) is 27.8 Å². The molecule has 2 N–H and O–H groups in total. The summed E-state index contributed by atoms with van der Waals surface area (Å²) in [5.41, 5.74) is 0.262. The van der Waals surface area contributed by atoms with Crippen LogP contribution < -0.4 is 10.7 Å². The van der Waals surface area contributed by atoms with Crippen molar-refractivity contribution in [1.29, 1.82) is 0 Å². The molecule has 0 bridgehead atoms. The number of hydrogen-bond acceptors (Lipinski definition) is 4. The Balaban J connectivity index is 2.01. The number of benzene rings is 1. The summed E-state index contributed by atoms with van der Waals surface area (Å²) in [5.74, 6) is -1.06. The Morgan fingerprint density at radius 2 is 1.92 bits per heavy atom. The largest absolute Gasteiger partial charge is 0.503 e. The molecule has 132 valence electrons. The fourth-order valence-electron chi connectivity index (χ4n) is 4.16. The van der Waals surface area contributed by atoms with Gasteiger partial charge in [0.25, 0.3) is 11.3 Å². The highest BCUT2D eigenvalue weighted by Gasteiger charge is 2.50. The van der Waals surface area contributed by atoms with Crippen molar-refractivity contribution in [2.45, 2.75) is 38.6 Å². The summed E-state index contributed by atoms with van der Waals surface area (Å²) in [4.78, 5) is 23.8. The first-order valence-electron chi connectivity index (χ1n) is 8.35. The monoisotopic (exact) mass is 341 g/mol. The number of amides is 1. The minimum absolute atomic E-state index is 0.126. The molecule has 25 heavy (non-hydrogen) atoms. The second-order valence-corrected chi connectivity index (χ2v) is 7.63. The zero-order valence-corrected chi connectivity index (χ0v) is 14.7. The number of rotatable bonds is 4. The average Bonchev–Trinajstić information content (AvgIpc) is 2.56. The van der Waals surface area contributed by atoms with E-state index in [1.54, 1.807) is 0 Å². The fourth-order valence-corrected chi connectivity index (χ4v) is 4.16. The van der Waals surface area contributed by atoms with E-state index in [-0.39, 0.29) is 16.5 Å². The van der Waals surface area contributed by atoms with Gasteiger partial charge in [0, 0.05) is 12.5 Å². The van der Waals surface area contributed by atoms with E-state index in [9.17, 15) is 14.7 Å². The van der Waals surface area contributed by atoms with Gasteiger partial charge >= 0.3 is 0 Å². The molecule has 1 aromatic carbocycles. The molecule has 1 saturated carbocycles. The predicted octanol–water partition coefficient (Wildman–Crippen LogP) is 2.07. The second-order valence-electron chi connectivity index (χ2n) is 7.63. The lowest BCUT2D eigenvalue weighted by molar-refractivity contribution is 0.0388. The van der Waals surface area contributed by atoms with Crippen molar-refractivity contribution in [3.05, 3.63) is 58.0 Å². The molecule has 1 aliphatic rings. The van der Waals surface area contributed by atoms with E-state index >= 15 is 0 Å². The van der Waals surface area contributed by atoms with E-state index in [2.05, 4.69) is 36.4 Å². The van der Waals surface area contributed by atoms with Crippen molar-refractivity contribution < 1.29 is 9.90 Å². The van der Waals surface area contributed by atoms with E-state index in [4.69, 9.17) is 0 Å². The number of carbonyl (C=O) groups excluding carboxylic acids is 1. The maximum Gasteiger partial charge on any atom is 0.275 e. The second kappa shape index (κ2) is 6.02. The van der Waals surface area contributed by atoms with Gasteiger partial charge in [0.2, 0.25) is 0 Å². The third-order valence-corrected chi connectivity index (χ3v) is 4.87.